The third kappa shape index (κ3) is 4.11. The molecule has 0 unspecified atom stereocenters. The molecule has 1 aliphatic heterocycles. The van der Waals surface area contributed by atoms with Crippen LogP contribution in [0.15, 0.2) is 48.5 Å². The molecule has 0 aromatic heterocycles. The van der Waals surface area contributed by atoms with Crippen LogP contribution < -0.4 is 4.90 Å². The van der Waals surface area contributed by atoms with Gasteiger partial charge in [0.25, 0.3) is 11.8 Å². The van der Waals surface area contributed by atoms with Crippen LogP contribution in [0.25, 0.3) is 0 Å². The zero-order valence-electron chi connectivity index (χ0n) is 16.5. The van der Waals surface area contributed by atoms with Crippen molar-refractivity contribution < 1.29 is 28.8 Å². The fraction of sp³-hybridized carbons (Fsp3) is 0.238. The van der Waals surface area contributed by atoms with Gasteiger partial charge in [-0.25, -0.2) is 9.59 Å². The fourth-order valence-corrected chi connectivity index (χ4v) is 2.66. The maximum Gasteiger partial charge on any atom is 0.414 e. The lowest BCUT2D eigenvalue weighted by Gasteiger charge is -2.24. The predicted molar refractivity (Wildman–Crippen MR) is 103 cm³/mol. The fourth-order valence-electron chi connectivity index (χ4n) is 2.66. The lowest BCUT2D eigenvalue weighted by Crippen LogP contribution is -2.34. The largest absolute Gasteiger partial charge is 0.443 e. The van der Waals surface area contributed by atoms with Gasteiger partial charge in [-0.1, -0.05) is 23.3 Å². The van der Waals surface area contributed by atoms with Crippen molar-refractivity contribution >= 4 is 29.6 Å². The Morgan fingerprint density at radius 1 is 0.931 bits per heavy atom. The minimum atomic E-state index is -0.904. The quantitative estimate of drug-likeness (QED) is 0.738. The van der Waals surface area contributed by atoms with E-state index in [1.54, 1.807) is 45.0 Å². The minimum absolute atomic E-state index is 0.0643. The molecule has 3 rings (SSSR count). The van der Waals surface area contributed by atoms with E-state index in [-0.39, 0.29) is 16.7 Å². The molecule has 0 spiro atoms. The zero-order valence-corrected chi connectivity index (χ0v) is 16.5. The Balaban J connectivity index is 1.76. The number of hydrogen-bond donors (Lipinski definition) is 0. The molecule has 8 nitrogen and oxygen atoms in total. The summed E-state index contributed by atoms with van der Waals surface area (Å²) in [6.45, 7) is 5.23. The van der Waals surface area contributed by atoms with Gasteiger partial charge in [0.2, 0.25) is 0 Å². The van der Waals surface area contributed by atoms with Crippen LogP contribution in [0.3, 0.4) is 0 Å². The lowest BCUT2D eigenvalue weighted by atomic mass is 10.1. The number of fused-ring (bicyclic) bond motifs is 1. The summed E-state index contributed by atoms with van der Waals surface area (Å²) >= 11 is 0. The molecule has 1 aliphatic rings. The Hall–Kier alpha value is -3.68. The number of amides is 3. The molecular formula is C21H20N2O6. The number of carbonyl (C=O) groups excluding carboxylic acids is 4. The topological polar surface area (TPSA) is 93.2 Å². The Morgan fingerprint density at radius 2 is 1.52 bits per heavy atom. The van der Waals surface area contributed by atoms with E-state index < -0.39 is 29.5 Å². The predicted octanol–water partition coefficient (Wildman–Crippen LogP) is 3.43. The van der Waals surface area contributed by atoms with Gasteiger partial charge in [-0.05, 0) is 51.1 Å². The maximum atomic E-state index is 12.5. The molecule has 0 saturated heterocycles. The average Bonchev–Trinajstić information content (AvgIpc) is 2.91. The molecule has 0 fully saturated rings. The highest BCUT2D eigenvalue weighted by Gasteiger charge is 2.38. The van der Waals surface area contributed by atoms with E-state index in [0.717, 1.165) is 0 Å². The van der Waals surface area contributed by atoms with Crippen molar-refractivity contribution in [2.45, 2.75) is 26.4 Å². The number of hydroxylamine groups is 2. The molecule has 8 heteroatoms. The van der Waals surface area contributed by atoms with Crippen molar-refractivity contribution in [2.24, 2.45) is 0 Å². The molecule has 29 heavy (non-hydrogen) atoms. The van der Waals surface area contributed by atoms with E-state index in [0.29, 0.717) is 10.8 Å². The van der Waals surface area contributed by atoms with Crippen molar-refractivity contribution in [1.29, 1.82) is 0 Å². The standard InChI is InChI=1S/C21H20N2O6/c1-21(2,3)28-20(27)22(4)14-9-7-8-13(12-14)19(26)29-23-17(24)15-10-5-6-11-16(15)18(23)25/h5-12H,1-4H3. The van der Waals surface area contributed by atoms with Gasteiger partial charge in [0.15, 0.2) is 0 Å². The van der Waals surface area contributed by atoms with Crippen molar-refractivity contribution in [1.82, 2.24) is 5.06 Å². The zero-order chi connectivity index (χ0) is 21.3. The first kappa shape index (κ1) is 20.1. The molecule has 0 atom stereocenters. The number of hydrogen-bond acceptors (Lipinski definition) is 6. The summed E-state index contributed by atoms with van der Waals surface area (Å²) < 4.78 is 5.30. The highest BCUT2D eigenvalue weighted by molar-refractivity contribution is 6.21. The van der Waals surface area contributed by atoms with Crippen LogP contribution in [0.1, 0.15) is 51.8 Å². The third-order valence-electron chi connectivity index (χ3n) is 4.07. The van der Waals surface area contributed by atoms with Gasteiger partial charge in [-0.3, -0.25) is 14.5 Å². The number of benzene rings is 2. The summed E-state index contributed by atoms with van der Waals surface area (Å²) in [7, 11) is 1.50. The SMILES string of the molecule is CN(C(=O)OC(C)(C)C)c1cccc(C(=O)ON2C(=O)c3ccccc3C2=O)c1. The van der Waals surface area contributed by atoms with Crippen molar-refractivity contribution in [2.75, 3.05) is 11.9 Å². The van der Waals surface area contributed by atoms with Crippen LogP contribution in [0.5, 0.6) is 0 Å². The van der Waals surface area contributed by atoms with Gasteiger partial charge in [0, 0.05) is 12.7 Å². The van der Waals surface area contributed by atoms with Gasteiger partial charge >= 0.3 is 12.1 Å². The number of rotatable bonds is 3. The van der Waals surface area contributed by atoms with E-state index in [4.69, 9.17) is 9.57 Å². The number of anilines is 1. The Labute approximate surface area is 167 Å². The molecular weight excluding hydrogens is 376 g/mol. The first-order chi connectivity index (χ1) is 13.6. The molecule has 0 aliphatic carbocycles. The lowest BCUT2D eigenvalue weighted by molar-refractivity contribution is -0.0584. The van der Waals surface area contributed by atoms with Crippen molar-refractivity contribution in [3.05, 3.63) is 65.2 Å². The summed E-state index contributed by atoms with van der Waals surface area (Å²) in [6.07, 6.45) is -0.594. The molecule has 0 bridgehead atoms. The van der Waals surface area contributed by atoms with Crippen LogP contribution >= 0.6 is 0 Å². The van der Waals surface area contributed by atoms with E-state index in [2.05, 4.69) is 0 Å². The number of ether oxygens (including phenoxy) is 1. The van der Waals surface area contributed by atoms with E-state index in [1.165, 1.54) is 36.2 Å². The van der Waals surface area contributed by atoms with Gasteiger partial charge in [-0.15, -0.1) is 0 Å². The molecule has 1 heterocycles. The van der Waals surface area contributed by atoms with Crippen molar-refractivity contribution in [3.63, 3.8) is 0 Å². The summed E-state index contributed by atoms with van der Waals surface area (Å²) in [5.41, 5.74) is 0.117. The van der Waals surface area contributed by atoms with Gasteiger partial charge < -0.3 is 9.57 Å². The maximum absolute atomic E-state index is 12.5. The Kier molecular flexibility index (Phi) is 5.11. The molecule has 2 aromatic rings. The van der Waals surface area contributed by atoms with Gasteiger partial charge in [0.1, 0.15) is 5.60 Å². The summed E-state index contributed by atoms with van der Waals surface area (Å²) in [5.74, 6) is -2.32. The van der Waals surface area contributed by atoms with E-state index in [1.807, 2.05) is 0 Å². The summed E-state index contributed by atoms with van der Waals surface area (Å²) in [5, 5.41) is 0.442. The number of nitrogens with zero attached hydrogens (tertiary/aromatic N) is 2. The number of carbonyl (C=O) groups is 4. The van der Waals surface area contributed by atoms with Crippen LogP contribution in [-0.2, 0) is 9.57 Å². The van der Waals surface area contributed by atoms with Crippen LogP contribution in [0, 0.1) is 0 Å². The van der Waals surface area contributed by atoms with E-state index >= 15 is 0 Å². The molecule has 150 valence electrons. The Bertz CT molecular complexity index is 973. The van der Waals surface area contributed by atoms with E-state index in [9.17, 15) is 19.2 Å². The van der Waals surface area contributed by atoms with Crippen LogP contribution in [0.4, 0.5) is 10.5 Å². The second-order valence-electron chi connectivity index (χ2n) is 7.42. The average molecular weight is 396 g/mol. The summed E-state index contributed by atoms with van der Waals surface area (Å²) in [6, 6.07) is 12.2. The third-order valence-corrected chi connectivity index (χ3v) is 4.07. The van der Waals surface area contributed by atoms with Gasteiger partial charge in [0.05, 0.1) is 16.7 Å². The number of imide groups is 1. The molecule has 2 aromatic carbocycles. The Morgan fingerprint density at radius 3 is 2.07 bits per heavy atom. The molecule has 0 saturated carbocycles. The normalized spacial score (nSPS) is 13.2. The monoisotopic (exact) mass is 396 g/mol. The minimum Gasteiger partial charge on any atom is -0.443 e. The summed E-state index contributed by atoms with van der Waals surface area (Å²) in [4.78, 5) is 55.7. The van der Waals surface area contributed by atoms with Crippen LogP contribution in [0.2, 0.25) is 0 Å². The van der Waals surface area contributed by atoms with Gasteiger partial charge in [-0.2, -0.15) is 0 Å². The second kappa shape index (κ2) is 7.38. The van der Waals surface area contributed by atoms with Crippen molar-refractivity contribution in [3.8, 4) is 0 Å². The molecule has 0 N–H and O–H groups in total. The highest BCUT2D eigenvalue weighted by Crippen LogP contribution is 2.24. The molecule has 3 amide bonds. The smallest absolute Gasteiger partial charge is 0.414 e. The highest BCUT2D eigenvalue weighted by atomic mass is 16.7. The first-order valence-corrected chi connectivity index (χ1v) is 8.85. The first-order valence-electron chi connectivity index (χ1n) is 8.85. The molecule has 0 radical (unpaired) electrons. The van der Waals surface area contributed by atoms with Crippen LogP contribution in [-0.4, -0.2) is 41.6 Å². The second-order valence-corrected chi connectivity index (χ2v) is 7.42.